The lowest BCUT2D eigenvalue weighted by Crippen LogP contribution is -2.17. The highest BCUT2D eigenvalue weighted by Crippen LogP contribution is 2.18. The fraction of sp³-hybridized carbons (Fsp3) is 0.105. The van der Waals surface area contributed by atoms with E-state index in [9.17, 15) is 4.79 Å². The molecule has 3 aromatic rings. The van der Waals surface area contributed by atoms with Crippen LogP contribution in [0, 0.1) is 6.92 Å². The maximum Gasteiger partial charge on any atom is 0.289 e. The van der Waals surface area contributed by atoms with Crippen molar-refractivity contribution in [3.63, 3.8) is 0 Å². The van der Waals surface area contributed by atoms with E-state index in [1.54, 1.807) is 24.0 Å². The summed E-state index contributed by atoms with van der Waals surface area (Å²) in [7, 11) is 0. The monoisotopic (exact) mass is 350 g/mol. The van der Waals surface area contributed by atoms with Crippen LogP contribution in [0.2, 0.25) is 0 Å². The van der Waals surface area contributed by atoms with Crippen LogP contribution in [0.4, 0.5) is 0 Å². The predicted molar refractivity (Wildman–Crippen MR) is 102 cm³/mol. The average Bonchev–Trinajstić information content (AvgIpc) is 3.13. The average molecular weight is 350 g/mol. The van der Waals surface area contributed by atoms with E-state index in [0.717, 1.165) is 16.8 Å². The van der Waals surface area contributed by atoms with Crippen LogP contribution in [0.5, 0.6) is 0 Å². The number of nitrogens with one attached hydrogen (secondary N) is 2. The number of hydrogen-bond donors (Lipinski definition) is 2. The Labute approximate surface area is 150 Å². The number of H-pyrrole nitrogens is 1. The Balaban J connectivity index is 1.63. The smallest absolute Gasteiger partial charge is 0.272 e. The Morgan fingerprint density at radius 1 is 1.16 bits per heavy atom. The van der Waals surface area contributed by atoms with E-state index < -0.39 is 0 Å². The normalized spacial score (nSPS) is 11.0. The minimum absolute atomic E-state index is 0.331. The third kappa shape index (κ3) is 4.36. The Bertz CT molecular complexity index is 883. The van der Waals surface area contributed by atoms with Crippen molar-refractivity contribution in [2.75, 3.05) is 6.26 Å². The molecule has 0 unspecified atom stereocenters. The Morgan fingerprint density at radius 3 is 2.56 bits per heavy atom. The van der Waals surface area contributed by atoms with Gasteiger partial charge in [-0.1, -0.05) is 42.0 Å². The van der Waals surface area contributed by atoms with Crippen molar-refractivity contribution in [1.29, 1.82) is 0 Å². The fourth-order valence-electron chi connectivity index (χ4n) is 2.23. The molecule has 3 rings (SSSR count). The minimum Gasteiger partial charge on any atom is -0.272 e. The van der Waals surface area contributed by atoms with Gasteiger partial charge >= 0.3 is 0 Å². The topological polar surface area (TPSA) is 70.1 Å². The molecule has 25 heavy (non-hydrogen) atoms. The molecule has 0 radical (unpaired) electrons. The number of aromatic amines is 1. The number of hydrogen-bond acceptors (Lipinski definition) is 4. The summed E-state index contributed by atoms with van der Waals surface area (Å²) in [5, 5.41) is 10.9. The second kappa shape index (κ2) is 7.81. The maximum atomic E-state index is 12.1. The molecule has 0 atom stereocenters. The number of nitrogens with zero attached hydrogens (tertiary/aromatic N) is 2. The Morgan fingerprint density at radius 2 is 1.88 bits per heavy atom. The van der Waals surface area contributed by atoms with E-state index in [1.165, 1.54) is 10.5 Å². The van der Waals surface area contributed by atoms with Gasteiger partial charge in [0.05, 0.1) is 11.9 Å². The number of carbonyl (C=O) groups excluding carboxylic acids is 1. The van der Waals surface area contributed by atoms with Gasteiger partial charge in [-0.25, -0.2) is 5.43 Å². The zero-order valence-corrected chi connectivity index (χ0v) is 14.8. The number of thioether (sulfide) groups is 1. The van der Waals surface area contributed by atoms with Crippen LogP contribution >= 0.6 is 11.8 Å². The van der Waals surface area contributed by atoms with Crippen molar-refractivity contribution >= 4 is 23.9 Å². The lowest BCUT2D eigenvalue weighted by Gasteiger charge is -1.98. The Hall–Kier alpha value is -2.86. The first kappa shape index (κ1) is 17.0. The summed E-state index contributed by atoms with van der Waals surface area (Å²) in [6.07, 6.45) is 3.64. The first-order valence-corrected chi connectivity index (χ1v) is 8.98. The van der Waals surface area contributed by atoms with Crippen molar-refractivity contribution in [2.24, 2.45) is 5.10 Å². The van der Waals surface area contributed by atoms with E-state index in [2.05, 4.69) is 20.7 Å². The molecule has 6 heteroatoms. The molecule has 0 fully saturated rings. The van der Waals surface area contributed by atoms with E-state index in [1.807, 2.05) is 61.7 Å². The zero-order valence-electron chi connectivity index (χ0n) is 14.0. The second-order valence-corrected chi connectivity index (χ2v) is 6.38. The summed E-state index contributed by atoms with van der Waals surface area (Å²) in [5.74, 6) is -0.331. The van der Waals surface area contributed by atoms with Gasteiger partial charge in [0.15, 0.2) is 0 Å². The molecule has 126 valence electrons. The molecule has 1 amide bonds. The van der Waals surface area contributed by atoms with Crippen molar-refractivity contribution in [2.45, 2.75) is 11.8 Å². The van der Waals surface area contributed by atoms with Gasteiger partial charge in [0.1, 0.15) is 5.69 Å². The number of rotatable bonds is 5. The number of carbonyl (C=O) groups is 1. The molecule has 0 saturated heterocycles. The molecule has 0 bridgehead atoms. The third-order valence-corrected chi connectivity index (χ3v) is 4.41. The van der Waals surface area contributed by atoms with E-state index in [4.69, 9.17) is 0 Å². The third-order valence-electron chi connectivity index (χ3n) is 3.67. The quantitative estimate of drug-likeness (QED) is 0.417. The molecule has 1 heterocycles. The highest BCUT2D eigenvalue weighted by molar-refractivity contribution is 7.98. The van der Waals surface area contributed by atoms with Crippen LogP contribution in [0.3, 0.4) is 0 Å². The van der Waals surface area contributed by atoms with Crippen LogP contribution in [0.15, 0.2) is 64.6 Å². The standard InChI is InChI=1S/C19H18N4OS/c1-13-3-7-15(8-4-13)17-11-18(22-21-17)19(24)23-20-12-14-5-9-16(25-2)10-6-14/h3-12H,1-2H3,(H,21,22)(H,23,24). The number of benzene rings is 2. The molecule has 5 nitrogen and oxygen atoms in total. The summed E-state index contributed by atoms with van der Waals surface area (Å²) >= 11 is 1.68. The van der Waals surface area contributed by atoms with Crippen molar-refractivity contribution < 1.29 is 4.79 Å². The minimum atomic E-state index is -0.331. The van der Waals surface area contributed by atoms with E-state index in [0.29, 0.717) is 5.69 Å². The van der Waals surface area contributed by atoms with Gasteiger partial charge < -0.3 is 0 Å². The maximum absolute atomic E-state index is 12.1. The van der Waals surface area contributed by atoms with Gasteiger partial charge in [-0.05, 0) is 36.9 Å². The molecule has 0 saturated carbocycles. The number of amides is 1. The second-order valence-electron chi connectivity index (χ2n) is 5.51. The van der Waals surface area contributed by atoms with Gasteiger partial charge in [-0.2, -0.15) is 10.2 Å². The molecule has 2 aromatic carbocycles. The van der Waals surface area contributed by atoms with Crippen molar-refractivity contribution in [3.05, 3.63) is 71.4 Å². The van der Waals surface area contributed by atoms with Crippen LogP contribution in [-0.2, 0) is 0 Å². The summed E-state index contributed by atoms with van der Waals surface area (Å²) < 4.78 is 0. The van der Waals surface area contributed by atoms with Gasteiger partial charge in [-0.15, -0.1) is 11.8 Å². The molecule has 0 aliphatic heterocycles. The highest BCUT2D eigenvalue weighted by atomic mass is 32.2. The van der Waals surface area contributed by atoms with Crippen molar-refractivity contribution in [3.8, 4) is 11.3 Å². The summed E-state index contributed by atoms with van der Waals surface area (Å²) in [6, 6.07) is 17.6. The Kier molecular flexibility index (Phi) is 5.30. The van der Waals surface area contributed by atoms with Crippen LogP contribution < -0.4 is 5.43 Å². The van der Waals surface area contributed by atoms with Crippen molar-refractivity contribution in [1.82, 2.24) is 15.6 Å². The number of hydrazone groups is 1. The first-order chi connectivity index (χ1) is 12.2. The molecule has 2 N–H and O–H groups in total. The summed E-state index contributed by atoms with van der Waals surface area (Å²) in [4.78, 5) is 13.3. The van der Waals surface area contributed by atoms with Crippen LogP contribution in [-0.4, -0.2) is 28.6 Å². The SMILES string of the molecule is CSc1ccc(C=NNC(=O)c2cc(-c3ccc(C)cc3)n[nH]2)cc1. The van der Waals surface area contributed by atoms with Crippen LogP contribution in [0.25, 0.3) is 11.3 Å². The zero-order chi connectivity index (χ0) is 17.6. The lowest BCUT2D eigenvalue weighted by atomic mass is 10.1. The van der Waals surface area contributed by atoms with E-state index in [-0.39, 0.29) is 5.91 Å². The lowest BCUT2D eigenvalue weighted by molar-refractivity contribution is 0.0950. The molecule has 0 spiro atoms. The molecular weight excluding hydrogens is 332 g/mol. The first-order valence-electron chi connectivity index (χ1n) is 7.75. The number of aryl methyl sites for hydroxylation is 1. The van der Waals surface area contributed by atoms with Gasteiger partial charge in [0.2, 0.25) is 0 Å². The fourth-order valence-corrected chi connectivity index (χ4v) is 2.63. The van der Waals surface area contributed by atoms with Gasteiger partial charge in [0, 0.05) is 10.5 Å². The van der Waals surface area contributed by atoms with Gasteiger partial charge in [0.25, 0.3) is 5.91 Å². The molecule has 0 aliphatic rings. The largest absolute Gasteiger partial charge is 0.289 e. The number of aromatic nitrogens is 2. The summed E-state index contributed by atoms with van der Waals surface area (Å²) in [6.45, 7) is 2.03. The summed E-state index contributed by atoms with van der Waals surface area (Å²) in [5.41, 5.74) is 6.65. The predicted octanol–water partition coefficient (Wildman–Crippen LogP) is 3.87. The van der Waals surface area contributed by atoms with E-state index >= 15 is 0 Å². The van der Waals surface area contributed by atoms with Crippen LogP contribution in [0.1, 0.15) is 21.6 Å². The highest BCUT2D eigenvalue weighted by Gasteiger charge is 2.10. The van der Waals surface area contributed by atoms with Gasteiger partial charge in [-0.3, -0.25) is 9.89 Å². The molecule has 1 aromatic heterocycles. The molecule has 0 aliphatic carbocycles. The molecular formula is C19H18N4OS.